The number of nitrogens with zero attached hydrogens (tertiary/aromatic N) is 5. The molecule has 0 saturated heterocycles. The highest BCUT2D eigenvalue weighted by Gasteiger charge is 2.15. The molecule has 0 aliphatic heterocycles. The van der Waals surface area contributed by atoms with Crippen molar-refractivity contribution in [1.29, 1.82) is 5.26 Å². The minimum absolute atomic E-state index is 0.668. The summed E-state index contributed by atoms with van der Waals surface area (Å²) in [4.78, 5) is 4.10. The zero-order chi connectivity index (χ0) is 19.2. The number of benzene rings is 2. The predicted octanol–water partition coefficient (Wildman–Crippen LogP) is 4.55. The lowest BCUT2D eigenvalue weighted by molar-refractivity contribution is 0.714. The lowest BCUT2D eigenvalue weighted by Crippen LogP contribution is -2.04. The molecule has 2 aromatic carbocycles. The van der Waals surface area contributed by atoms with E-state index in [1.54, 1.807) is 24.2 Å². The zero-order valence-corrected chi connectivity index (χ0v) is 15.9. The van der Waals surface area contributed by atoms with E-state index in [-0.39, 0.29) is 0 Å². The van der Waals surface area contributed by atoms with E-state index in [0.717, 1.165) is 27.9 Å². The van der Waals surface area contributed by atoms with Crippen LogP contribution in [-0.4, -0.2) is 19.7 Å². The Balaban J connectivity index is 1.62. The van der Waals surface area contributed by atoms with Crippen LogP contribution in [0.5, 0.6) is 0 Å². The van der Waals surface area contributed by atoms with Gasteiger partial charge in [0.25, 0.3) is 0 Å². The van der Waals surface area contributed by atoms with E-state index in [1.807, 2.05) is 54.6 Å². The second kappa shape index (κ2) is 8.51. The minimum atomic E-state index is 0.668. The van der Waals surface area contributed by atoms with Gasteiger partial charge in [0, 0.05) is 23.7 Å². The summed E-state index contributed by atoms with van der Waals surface area (Å²) in [5.41, 5.74) is 3.99. The van der Waals surface area contributed by atoms with Crippen LogP contribution in [0.1, 0.15) is 16.7 Å². The maximum absolute atomic E-state index is 8.94. The fourth-order valence-electron chi connectivity index (χ4n) is 2.84. The van der Waals surface area contributed by atoms with E-state index in [4.69, 9.17) is 5.26 Å². The summed E-state index contributed by atoms with van der Waals surface area (Å²) in [5, 5.41) is 18.7. The van der Waals surface area contributed by atoms with Gasteiger partial charge >= 0.3 is 0 Å². The summed E-state index contributed by atoms with van der Waals surface area (Å²) in [5.74, 6) is 1.59. The Morgan fingerprint density at radius 3 is 2.32 bits per heavy atom. The van der Waals surface area contributed by atoms with Gasteiger partial charge in [-0.05, 0) is 35.4 Å². The number of aromatic nitrogens is 4. The highest BCUT2D eigenvalue weighted by atomic mass is 32.2. The van der Waals surface area contributed by atoms with Crippen molar-refractivity contribution in [3.63, 3.8) is 0 Å². The molecule has 0 aliphatic rings. The molecule has 2 aromatic heterocycles. The molecule has 0 bridgehead atoms. The van der Waals surface area contributed by atoms with E-state index in [9.17, 15) is 0 Å². The van der Waals surface area contributed by atoms with Crippen molar-refractivity contribution in [3.05, 3.63) is 95.8 Å². The molecular weight excluding hydrogens is 366 g/mol. The van der Waals surface area contributed by atoms with Crippen LogP contribution in [0.25, 0.3) is 11.4 Å². The van der Waals surface area contributed by atoms with Crippen molar-refractivity contribution in [2.75, 3.05) is 0 Å². The largest absolute Gasteiger partial charge is 0.298 e. The Morgan fingerprint density at radius 1 is 0.857 bits per heavy atom. The summed E-state index contributed by atoms with van der Waals surface area (Å²) >= 11 is 1.64. The van der Waals surface area contributed by atoms with E-state index in [0.29, 0.717) is 12.1 Å². The van der Waals surface area contributed by atoms with Crippen molar-refractivity contribution in [3.8, 4) is 17.5 Å². The summed E-state index contributed by atoms with van der Waals surface area (Å²) in [6.45, 7) is 0.696. The minimum Gasteiger partial charge on any atom is -0.298 e. The first-order valence-electron chi connectivity index (χ1n) is 8.83. The van der Waals surface area contributed by atoms with E-state index in [1.165, 1.54) is 5.56 Å². The quantitative estimate of drug-likeness (QED) is 0.457. The molecule has 28 heavy (non-hydrogen) atoms. The molecule has 0 atom stereocenters. The molecule has 0 spiro atoms. The predicted molar refractivity (Wildman–Crippen MR) is 110 cm³/mol. The zero-order valence-electron chi connectivity index (χ0n) is 15.1. The number of hydrogen-bond donors (Lipinski definition) is 0. The number of nitriles is 1. The Morgan fingerprint density at radius 2 is 1.61 bits per heavy atom. The molecule has 2 heterocycles. The number of rotatable bonds is 6. The van der Waals surface area contributed by atoms with Crippen LogP contribution in [0, 0.1) is 11.3 Å². The highest BCUT2D eigenvalue weighted by Crippen LogP contribution is 2.27. The molecule has 0 aliphatic carbocycles. The van der Waals surface area contributed by atoms with E-state index in [2.05, 4.69) is 38.0 Å². The molecular formula is C22H17N5S. The van der Waals surface area contributed by atoms with Gasteiger partial charge in [-0.2, -0.15) is 5.26 Å². The molecule has 0 radical (unpaired) electrons. The third-order valence-corrected chi connectivity index (χ3v) is 5.33. The molecule has 6 heteroatoms. The maximum atomic E-state index is 8.94. The Labute approximate surface area is 167 Å². The van der Waals surface area contributed by atoms with Gasteiger partial charge in [-0.25, -0.2) is 0 Å². The van der Waals surface area contributed by atoms with Crippen LogP contribution in [0.2, 0.25) is 0 Å². The molecule has 0 unspecified atom stereocenters. The number of hydrogen-bond acceptors (Lipinski definition) is 5. The first kappa shape index (κ1) is 18.0. The molecule has 136 valence electrons. The van der Waals surface area contributed by atoms with Gasteiger partial charge < -0.3 is 0 Å². The molecule has 5 nitrogen and oxygen atoms in total. The SMILES string of the molecule is N#Cc1ccc(CSc2nnc(-c3ccncc3)n2Cc2ccccc2)cc1. The molecule has 0 N–H and O–H groups in total. The first-order valence-corrected chi connectivity index (χ1v) is 9.81. The summed E-state index contributed by atoms with van der Waals surface area (Å²) in [6, 6.07) is 24.0. The van der Waals surface area contributed by atoms with E-state index >= 15 is 0 Å². The molecule has 0 fully saturated rings. The summed E-state index contributed by atoms with van der Waals surface area (Å²) < 4.78 is 2.14. The summed E-state index contributed by atoms with van der Waals surface area (Å²) in [6.07, 6.45) is 3.53. The van der Waals surface area contributed by atoms with Crippen LogP contribution < -0.4 is 0 Å². The molecule has 4 rings (SSSR count). The standard InChI is InChI=1S/C22H17N5S/c23-14-17-6-8-19(9-7-17)16-28-22-26-25-21(20-10-12-24-13-11-20)27(22)15-18-4-2-1-3-5-18/h1-13H,15-16H2. The van der Waals surface area contributed by atoms with Crippen molar-refractivity contribution >= 4 is 11.8 Å². The van der Waals surface area contributed by atoms with Gasteiger partial charge in [-0.1, -0.05) is 54.2 Å². The van der Waals surface area contributed by atoms with Crippen LogP contribution in [0.3, 0.4) is 0 Å². The smallest absolute Gasteiger partial charge is 0.192 e. The Hall–Kier alpha value is -3.43. The lowest BCUT2D eigenvalue weighted by atomic mass is 10.2. The fraction of sp³-hybridized carbons (Fsp3) is 0.0909. The van der Waals surface area contributed by atoms with Gasteiger partial charge in [0.05, 0.1) is 18.2 Å². The second-order valence-corrected chi connectivity index (χ2v) is 7.15. The maximum Gasteiger partial charge on any atom is 0.192 e. The third-order valence-electron chi connectivity index (χ3n) is 4.29. The van der Waals surface area contributed by atoms with Crippen LogP contribution in [0.4, 0.5) is 0 Å². The van der Waals surface area contributed by atoms with Crippen LogP contribution in [-0.2, 0) is 12.3 Å². The average Bonchev–Trinajstić information content (AvgIpc) is 3.16. The lowest BCUT2D eigenvalue weighted by Gasteiger charge is -2.10. The number of thioether (sulfide) groups is 1. The van der Waals surface area contributed by atoms with Crippen LogP contribution >= 0.6 is 11.8 Å². The summed E-state index contributed by atoms with van der Waals surface area (Å²) in [7, 11) is 0. The number of pyridine rings is 1. The van der Waals surface area contributed by atoms with Crippen LogP contribution in [0.15, 0.2) is 84.3 Å². The normalized spacial score (nSPS) is 10.5. The molecule has 0 saturated carbocycles. The molecule has 4 aromatic rings. The van der Waals surface area contributed by atoms with Gasteiger partial charge in [-0.15, -0.1) is 10.2 Å². The Kier molecular flexibility index (Phi) is 5.46. The second-order valence-electron chi connectivity index (χ2n) is 6.21. The highest BCUT2D eigenvalue weighted by molar-refractivity contribution is 7.98. The third kappa shape index (κ3) is 4.11. The van der Waals surface area contributed by atoms with Crippen molar-refractivity contribution in [2.24, 2.45) is 0 Å². The monoisotopic (exact) mass is 383 g/mol. The van der Waals surface area contributed by atoms with Gasteiger partial charge in [0.15, 0.2) is 11.0 Å². The molecule has 0 amide bonds. The Bertz CT molecular complexity index is 1080. The average molecular weight is 383 g/mol. The van der Waals surface area contributed by atoms with E-state index < -0.39 is 0 Å². The first-order chi connectivity index (χ1) is 13.8. The van der Waals surface area contributed by atoms with Gasteiger partial charge in [-0.3, -0.25) is 9.55 Å². The van der Waals surface area contributed by atoms with Crippen molar-refractivity contribution < 1.29 is 0 Å². The van der Waals surface area contributed by atoms with Crippen molar-refractivity contribution in [2.45, 2.75) is 17.5 Å². The topological polar surface area (TPSA) is 67.4 Å². The van der Waals surface area contributed by atoms with Gasteiger partial charge in [0.2, 0.25) is 0 Å². The van der Waals surface area contributed by atoms with Gasteiger partial charge in [0.1, 0.15) is 0 Å². The fourth-order valence-corrected chi connectivity index (χ4v) is 3.74. The van der Waals surface area contributed by atoms with Crippen molar-refractivity contribution in [1.82, 2.24) is 19.7 Å².